The molecule has 0 aliphatic carbocycles. The molecule has 0 atom stereocenters. The summed E-state index contributed by atoms with van der Waals surface area (Å²) in [5, 5.41) is 6.90. The summed E-state index contributed by atoms with van der Waals surface area (Å²) >= 11 is 0. The summed E-state index contributed by atoms with van der Waals surface area (Å²) in [6.07, 6.45) is 4.84. The fraction of sp³-hybridized carbons (Fsp3) is 0.538. The third-order valence-corrected chi connectivity index (χ3v) is 11.3. The van der Waals surface area contributed by atoms with Gasteiger partial charge in [0.15, 0.2) is 8.32 Å². The van der Waals surface area contributed by atoms with E-state index in [1.807, 2.05) is 6.07 Å². The Morgan fingerprint density at radius 3 is 2.47 bits per heavy atom. The summed E-state index contributed by atoms with van der Waals surface area (Å²) in [4.78, 5) is 27.2. The predicted octanol–water partition coefficient (Wildman–Crippen LogP) is 4.91. The molecule has 10 heteroatoms. The topological polar surface area (TPSA) is 88.9 Å². The minimum atomic E-state index is -1.98. The predicted molar refractivity (Wildman–Crippen MR) is 143 cm³/mol. The largest absolute Gasteiger partial charge is 0.412 e. The van der Waals surface area contributed by atoms with Crippen molar-refractivity contribution in [3.8, 4) is 11.1 Å². The molecule has 1 aliphatic rings. The van der Waals surface area contributed by atoms with Crippen molar-refractivity contribution in [3.05, 3.63) is 42.0 Å². The average molecular weight is 516 g/mol. The lowest BCUT2D eigenvalue weighted by Crippen LogP contribution is -2.40. The van der Waals surface area contributed by atoms with E-state index in [1.54, 1.807) is 24.5 Å². The van der Waals surface area contributed by atoms with Crippen LogP contribution in [0.15, 0.2) is 35.7 Å². The number of halogens is 1. The van der Waals surface area contributed by atoms with Gasteiger partial charge in [-0.05, 0) is 18.1 Å². The highest BCUT2D eigenvalue weighted by Gasteiger charge is 2.37. The number of aromatic nitrogens is 2. The zero-order chi connectivity index (χ0) is 26.3. The van der Waals surface area contributed by atoms with Gasteiger partial charge in [-0.25, -0.2) is 14.4 Å². The van der Waals surface area contributed by atoms with Crippen molar-refractivity contribution in [1.82, 2.24) is 15.3 Å². The molecule has 0 unspecified atom stereocenters. The molecular formula is C26H38FN5O3Si. The monoisotopic (exact) mass is 515 g/mol. The lowest BCUT2D eigenvalue weighted by molar-refractivity contribution is -0.119. The van der Waals surface area contributed by atoms with Gasteiger partial charge in [-0.3, -0.25) is 4.79 Å². The zero-order valence-electron chi connectivity index (χ0n) is 22.2. The number of carbonyl (C=O) groups excluding carboxylic acids is 1. The number of rotatable bonds is 9. The van der Waals surface area contributed by atoms with Crippen LogP contribution in [0.2, 0.25) is 18.1 Å². The maximum atomic E-state index is 15.3. The fourth-order valence-electron chi connectivity index (χ4n) is 3.48. The van der Waals surface area contributed by atoms with Crippen LogP contribution in [0.3, 0.4) is 0 Å². The zero-order valence-corrected chi connectivity index (χ0v) is 23.2. The van der Waals surface area contributed by atoms with Crippen LogP contribution in [0, 0.1) is 5.82 Å². The van der Waals surface area contributed by atoms with Gasteiger partial charge in [0.05, 0.1) is 18.9 Å². The third-order valence-electron chi connectivity index (χ3n) is 6.81. The highest BCUT2D eigenvalue weighted by Crippen LogP contribution is 2.37. The number of nitrogens with zero attached hydrogens (tertiary/aromatic N) is 4. The number of hydrogen-bond acceptors (Lipinski definition) is 7. The normalized spacial score (nSPS) is 14.5. The number of hydrogen-bond donors (Lipinski definition) is 1. The minimum absolute atomic E-state index is 0.0621. The number of nitrogens with one attached hydrogen (secondary N) is 1. The first-order chi connectivity index (χ1) is 17.0. The Morgan fingerprint density at radius 2 is 1.86 bits per heavy atom. The molecule has 196 valence electrons. The number of piperidine rings is 1. The van der Waals surface area contributed by atoms with E-state index in [2.05, 4.69) is 59.2 Å². The lowest BCUT2D eigenvalue weighted by atomic mass is 10.1. The summed E-state index contributed by atoms with van der Waals surface area (Å²) in [6.45, 7) is 14.8. The number of oxime groups is 1. The van der Waals surface area contributed by atoms with Gasteiger partial charge in [-0.2, -0.15) is 0 Å². The van der Waals surface area contributed by atoms with Crippen molar-refractivity contribution in [1.29, 1.82) is 0 Å². The van der Waals surface area contributed by atoms with Gasteiger partial charge in [0.2, 0.25) is 11.9 Å². The quantitative estimate of drug-likeness (QED) is 0.290. The highest BCUT2D eigenvalue weighted by atomic mass is 28.4. The van der Waals surface area contributed by atoms with Gasteiger partial charge in [0.25, 0.3) is 0 Å². The minimum Gasteiger partial charge on any atom is -0.412 e. The molecule has 1 aromatic carbocycles. The average Bonchev–Trinajstić information content (AvgIpc) is 2.83. The molecule has 8 nitrogen and oxygen atoms in total. The molecule has 2 aromatic rings. The molecule has 2 heterocycles. The Labute approximate surface area is 214 Å². The number of amides is 1. The molecule has 1 amide bonds. The Morgan fingerprint density at radius 1 is 1.19 bits per heavy atom. The van der Waals surface area contributed by atoms with E-state index >= 15 is 4.39 Å². The molecule has 0 bridgehead atoms. The summed E-state index contributed by atoms with van der Waals surface area (Å²) in [7, 11) is -1.98. The van der Waals surface area contributed by atoms with Crippen molar-refractivity contribution in [2.24, 2.45) is 5.16 Å². The van der Waals surface area contributed by atoms with Crippen LogP contribution in [-0.4, -0.2) is 56.1 Å². The van der Waals surface area contributed by atoms with Crippen LogP contribution in [0.1, 0.15) is 46.1 Å². The van der Waals surface area contributed by atoms with Gasteiger partial charge in [-0.15, -0.1) is 0 Å². The van der Waals surface area contributed by atoms with Gasteiger partial charge in [0.1, 0.15) is 12.4 Å². The van der Waals surface area contributed by atoms with E-state index in [-0.39, 0.29) is 23.4 Å². The second-order valence-corrected chi connectivity index (χ2v) is 15.4. The van der Waals surface area contributed by atoms with Crippen LogP contribution in [-0.2, 0) is 20.7 Å². The maximum absolute atomic E-state index is 15.3. The molecule has 1 saturated heterocycles. The van der Waals surface area contributed by atoms with Crippen molar-refractivity contribution >= 4 is 25.9 Å². The molecule has 1 aromatic heterocycles. The SMILES string of the molecule is CC(=O)NCCON=C1CCN(c2ncc(-c3cccc(CO[Si](C)(C)C(C)(C)C)c3F)cn2)CC1. The maximum Gasteiger partial charge on any atom is 0.225 e. The van der Waals surface area contributed by atoms with E-state index in [0.717, 1.165) is 31.6 Å². The van der Waals surface area contributed by atoms with Crippen molar-refractivity contribution in [3.63, 3.8) is 0 Å². The molecule has 0 saturated carbocycles. The van der Waals surface area contributed by atoms with Crippen LogP contribution in [0.4, 0.5) is 10.3 Å². The smallest absolute Gasteiger partial charge is 0.225 e. The fourth-order valence-corrected chi connectivity index (χ4v) is 4.43. The van der Waals surface area contributed by atoms with Gasteiger partial charge < -0.3 is 19.5 Å². The van der Waals surface area contributed by atoms with Crippen molar-refractivity contribution in [2.75, 3.05) is 31.1 Å². The Bertz CT molecular complexity index is 1060. The molecule has 1 aliphatic heterocycles. The molecule has 0 radical (unpaired) electrons. The van der Waals surface area contributed by atoms with Crippen molar-refractivity contribution < 1.29 is 18.4 Å². The van der Waals surface area contributed by atoms with E-state index < -0.39 is 8.32 Å². The number of carbonyl (C=O) groups is 1. The summed E-state index contributed by atoms with van der Waals surface area (Å²) < 4.78 is 21.6. The standard InChI is InChI=1S/C26H38FN5O3Si/c1-19(33)28-12-15-34-31-22-10-13-32(14-11-22)25-29-16-21(17-30-25)23-9-7-8-20(24(23)27)18-35-36(5,6)26(2,3)4/h7-9,16-17H,10-15,18H2,1-6H3,(H,28,33). The molecule has 3 rings (SSSR count). The second-order valence-electron chi connectivity index (χ2n) is 10.6. The van der Waals surface area contributed by atoms with E-state index in [0.29, 0.717) is 35.8 Å². The first-order valence-electron chi connectivity index (χ1n) is 12.4. The highest BCUT2D eigenvalue weighted by molar-refractivity contribution is 6.74. The van der Waals surface area contributed by atoms with Gasteiger partial charge in [-0.1, -0.05) is 44.1 Å². The van der Waals surface area contributed by atoms with Crippen LogP contribution in [0.25, 0.3) is 11.1 Å². The second kappa shape index (κ2) is 11.9. The van der Waals surface area contributed by atoms with Crippen LogP contribution in [0.5, 0.6) is 0 Å². The summed E-state index contributed by atoms with van der Waals surface area (Å²) in [5.74, 6) is 0.240. The molecular weight excluding hydrogens is 477 g/mol. The Hall–Kier alpha value is -2.85. The summed E-state index contributed by atoms with van der Waals surface area (Å²) in [5.41, 5.74) is 2.63. The van der Waals surface area contributed by atoms with E-state index in [4.69, 9.17) is 9.26 Å². The van der Waals surface area contributed by atoms with E-state index in [1.165, 1.54) is 6.92 Å². The first kappa shape index (κ1) is 27.7. The molecule has 1 N–H and O–H groups in total. The molecule has 0 spiro atoms. The third kappa shape index (κ3) is 7.33. The lowest BCUT2D eigenvalue weighted by Gasteiger charge is -2.36. The molecule has 36 heavy (non-hydrogen) atoms. The summed E-state index contributed by atoms with van der Waals surface area (Å²) in [6, 6.07) is 5.37. The van der Waals surface area contributed by atoms with Gasteiger partial charge >= 0.3 is 0 Å². The van der Waals surface area contributed by atoms with E-state index in [9.17, 15) is 4.79 Å². The Kier molecular flexibility index (Phi) is 9.18. The van der Waals surface area contributed by atoms with Crippen LogP contribution < -0.4 is 10.2 Å². The first-order valence-corrected chi connectivity index (χ1v) is 15.3. The molecule has 1 fully saturated rings. The van der Waals surface area contributed by atoms with Crippen LogP contribution >= 0.6 is 0 Å². The number of benzene rings is 1. The van der Waals surface area contributed by atoms with Gasteiger partial charge in [0, 0.05) is 61.9 Å². The van der Waals surface area contributed by atoms with Crippen molar-refractivity contribution in [2.45, 2.75) is 65.3 Å². The number of anilines is 1. The Balaban J connectivity index is 1.58.